The monoisotopic (exact) mass is 404 g/mol. The standard InChI is InChI=1S/C24H28N4O2/c1-17(2)28(19-10-5-4-6-11-19)23(30)16-27-21-13-8-7-12-20(21)25-24(27)22-14-9-15-26(22)18(3)29/h4-8,10-13,17,22H,9,14-16H2,1-3H3. The number of amides is 2. The van der Waals surface area contributed by atoms with Crippen molar-refractivity contribution in [2.75, 3.05) is 11.4 Å². The Hall–Kier alpha value is -3.15. The van der Waals surface area contributed by atoms with Gasteiger partial charge in [0.15, 0.2) is 0 Å². The third kappa shape index (κ3) is 3.70. The second-order valence-electron chi connectivity index (χ2n) is 8.11. The first-order valence-electron chi connectivity index (χ1n) is 10.6. The van der Waals surface area contributed by atoms with Crippen LogP contribution in [0.1, 0.15) is 45.5 Å². The van der Waals surface area contributed by atoms with E-state index in [1.807, 2.05) is 82.8 Å². The highest BCUT2D eigenvalue weighted by Crippen LogP contribution is 2.33. The quantitative estimate of drug-likeness (QED) is 0.642. The van der Waals surface area contributed by atoms with Crippen LogP contribution < -0.4 is 4.90 Å². The molecule has 1 aliphatic rings. The first-order chi connectivity index (χ1) is 14.5. The number of anilines is 1. The molecule has 1 unspecified atom stereocenters. The van der Waals surface area contributed by atoms with Gasteiger partial charge >= 0.3 is 0 Å². The molecule has 0 aliphatic carbocycles. The van der Waals surface area contributed by atoms with Gasteiger partial charge < -0.3 is 14.4 Å². The zero-order valence-electron chi connectivity index (χ0n) is 17.8. The van der Waals surface area contributed by atoms with Crippen LogP contribution in [-0.4, -0.2) is 38.9 Å². The molecule has 156 valence electrons. The van der Waals surface area contributed by atoms with Crippen LogP contribution in [0.4, 0.5) is 5.69 Å². The molecule has 4 rings (SSSR count). The molecule has 3 aromatic rings. The fourth-order valence-corrected chi connectivity index (χ4v) is 4.46. The number of hydrogen-bond acceptors (Lipinski definition) is 3. The van der Waals surface area contributed by atoms with Gasteiger partial charge in [0.05, 0.1) is 17.1 Å². The van der Waals surface area contributed by atoms with Crippen molar-refractivity contribution < 1.29 is 9.59 Å². The number of aromatic nitrogens is 2. The molecule has 1 atom stereocenters. The number of carbonyl (C=O) groups is 2. The minimum atomic E-state index is -0.0908. The van der Waals surface area contributed by atoms with Crippen molar-refractivity contribution in [2.24, 2.45) is 0 Å². The Bertz CT molecular complexity index is 1060. The maximum absolute atomic E-state index is 13.5. The molecule has 0 N–H and O–H groups in total. The topological polar surface area (TPSA) is 58.4 Å². The maximum Gasteiger partial charge on any atom is 0.247 e. The SMILES string of the molecule is CC(=O)N1CCCC1c1nc2ccccc2n1CC(=O)N(c1ccccc1)C(C)C. The Kier molecular flexibility index (Phi) is 5.57. The van der Waals surface area contributed by atoms with E-state index in [1.165, 1.54) is 0 Å². The number of benzene rings is 2. The number of fused-ring (bicyclic) bond motifs is 1. The molecule has 0 saturated carbocycles. The molecule has 2 amide bonds. The summed E-state index contributed by atoms with van der Waals surface area (Å²) in [5.74, 6) is 0.859. The molecule has 0 radical (unpaired) electrons. The van der Waals surface area contributed by atoms with Crippen LogP contribution in [0.5, 0.6) is 0 Å². The molecule has 6 nitrogen and oxygen atoms in total. The zero-order chi connectivity index (χ0) is 21.3. The highest BCUT2D eigenvalue weighted by atomic mass is 16.2. The summed E-state index contributed by atoms with van der Waals surface area (Å²) < 4.78 is 2.00. The summed E-state index contributed by atoms with van der Waals surface area (Å²) in [6.45, 7) is 6.56. The minimum Gasteiger partial charge on any atom is -0.333 e. The fourth-order valence-electron chi connectivity index (χ4n) is 4.46. The largest absolute Gasteiger partial charge is 0.333 e. The van der Waals surface area contributed by atoms with E-state index in [4.69, 9.17) is 4.98 Å². The molecule has 30 heavy (non-hydrogen) atoms. The van der Waals surface area contributed by atoms with E-state index >= 15 is 0 Å². The summed E-state index contributed by atoms with van der Waals surface area (Å²) in [6, 6.07) is 17.6. The summed E-state index contributed by atoms with van der Waals surface area (Å²) >= 11 is 0. The lowest BCUT2D eigenvalue weighted by Crippen LogP contribution is -2.40. The smallest absolute Gasteiger partial charge is 0.247 e. The lowest BCUT2D eigenvalue weighted by Gasteiger charge is -2.28. The average Bonchev–Trinajstić information content (AvgIpc) is 3.34. The molecular weight excluding hydrogens is 376 g/mol. The molecule has 1 saturated heterocycles. The number of nitrogens with zero attached hydrogens (tertiary/aromatic N) is 4. The summed E-state index contributed by atoms with van der Waals surface area (Å²) in [6.07, 6.45) is 1.81. The molecule has 1 fully saturated rings. The van der Waals surface area contributed by atoms with Crippen LogP contribution >= 0.6 is 0 Å². The molecule has 2 heterocycles. The Labute approximate surface area is 177 Å². The van der Waals surface area contributed by atoms with Crippen LogP contribution in [0.25, 0.3) is 11.0 Å². The van der Waals surface area contributed by atoms with E-state index in [-0.39, 0.29) is 30.4 Å². The van der Waals surface area contributed by atoms with Gasteiger partial charge in [-0.05, 0) is 51.0 Å². The maximum atomic E-state index is 13.5. The van der Waals surface area contributed by atoms with E-state index in [0.717, 1.165) is 41.9 Å². The van der Waals surface area contributed by atoms with Crippen LogP contribution in [0.15, 0.2) is 54.6 Å². The second-order valence-corrected chi connectivity index (χ2v) is 8.11. The van der Waals surface area contributed by atoms with Crippen molar-refractivity contribution in [3.8, 4) is 0 Å². The lowest BCUT2D eigenvalue weighted by molar-refractivity contribution is -0.129. The number of hydrogen-bond donors (Lipinski definition) is 0. The average molecular weight is 405 g/mol. The third-order valence-electron chi connectivity index (χ3n) is 5.75. The summed E-state index contributed by atoms with van der Waals surface area (Å²) in [4.78, 5) is 34.2. The first kappa shape index (κ1) is 20.1. The number of likely N-dealkylation sites (tertiary alicyclic amines) is 1. The predicted molar refractivity (Wildman–Crippen MR) is 118 cm³/mol. The van der Waals surface area contributed by atoms with E-state index in [0.29, 0.717) is 0 Å². The van der Waals surface area contributed by atoms with Gasteiger partial charge in [0, 0.05) is 25.2 Å². The van der Waals surface area contributed by atoms with Crippen molar-refractivity contribution in [1.29, 1.82) is 0 Å². The van der Waals surface area contributed by atoms with Gasteiger partial charge in [-0.3, -0.25) is 9.59 Å². The fraction of sp³-hybridized carbons (Fsp3) is 0.375. The Morgan fingerprint density at radius 1 is 1.10 bits per heavy atom. The van der Waals surface area contributed by atoms with E-state index in [1.54, 1.807) is 6.92 Å². The van der Waals surface area contributed by atoms with Crippen molar-refractivity contribution >= 4 is 28.5 Å². The lowest BCUT2D eigenvalue weighted by atomic mass is 10.2. The van der Waals surface area contributed by atoms with Crippen LogP contribution in [0, 0.1) is 0 Å². The van der Waals surface area contributed by atoms with Crippen LogP contribution in [0.2, 0.25) is 0 Å². The molecular formula is C24H28N4O2. The summed E-state index contributed by atoms with van der Waals surface area (Å²) in [5.41, 5.74) is 2.66. The number of carbonyl (C=O) groups excluding carboxylic acids is 2. The Morgan fingerprint density at radius 3 is 2.50 bits per heavy atom. The van der Waals surface area contributed by atoms with Crippen molar-refractivity contribution in [1.82, 2.24) is 14.5 Å². The first-order valence-corrected chi connectivity index (χ1v) is 10.6. The van der Waals surface area contributed by atoms with Crippen molar-refractivity contribution in [3.05, 3.63) is 60.4 Å². The number of para-hydroxylation sites is 3. The predicted octanol–water partition coefficient (Wildman–Crippen LogP) is 4.16. The second kappa shape index (κ2) is 8.30. The van der Waals surface area contributed by atoms with Gasteiger partial charge in [0.1, 0.15) is 12.4 Å². The summed E-state index contributed by atoms with van der Waals surface area (Å²) in [5, 5.41) is 0. The van der Waals surface area contributed by atoms with E-state index < -0.39 is 0 Å². The zero-order valence-corrected chi connectivity index (χ0v) is 17.8. The Balaban J connectivity index is 1.74. The highest BCUT2D eigenvalue weighted by molar-refractivity contribution is 5.94. The number of imidazole rings is 1. The van der Waals surface area contributed by atoms with Crippen LogP contribution in [0.3, 0.4) is 0 Å². The highest BCUT2D eigenvalue weighted by Gasteiger charge is 2.33. The van der Waals surface area contributed by atoms with E-state index in [2.05, 4.69) is 0 Å². The van der Waals surface area contributed by atoms with Gasteiger partial charge in [0.2, 0.25) is 11.8 Å². The Morgan fingerprint density at radius 2 is 1.80 bits per heavy atom. The van der Waals surface area contributed by atoms with Gasteiger partial charge in [0.25, 0.3) is 0 Å². The molecule has 0 spiro atoms. The minimum absolute atomic E-state index is 0.00738. The van der Waals surface area contributed by atoms with E-state index in [9.17, 15) is 9.59 Å². The third-order valence-corrected chi connectivity index (χ3v) is 5.75. The molecule has 0 bridgehead atoms. The van der Waals surface area contributed by atoms with Crippen LogP contribution in [-0.2, 0) is 16.1 Å². The molecule has 1 aliphatic heterocycles. The van der Waals surface area contributed by atoms with Gasteiger partial charge in [-0.25, -0.2) is 4.98 Å². The molecule has 2 aromatic carbocycles. The van der Waals surface area contributed by atoms with Gasteiger partial charge in [-0.1, -0.05) is 30.3 Å². The molecule has 6 heteroatoms. The number of rotatable bonds is 5. The van der Waals surface area contributed by atoms with Gasteiger partial charge in [-0.15, -0.1) is 0 Å². The van der Waals surface area contributed by atoms with Crippen molar-refractivity contribution in [3.63, 3.8) is 0 Å². The van der Waals surface area contributed by atoms with Crippen molar-refractivity contribution in [2.45, 2.75) is 52.2 Å². The van der Waals surface area contributed by atoms with Gasteiger partial charge in [-0.2, -0.15) is 0 Å². The molecule has 1 aromatic heterocycles. The normalized spacial score (nSPS) is 16.4. The summed E-state index contributed by atoms with van der Waals surface area (Å²) in [7, 11) is 0.